The van der Waals surface area contributed by atoms with Crippen LogP contribution in [0.4, 0.5) is 0 Å². The number of piperazine rings is 1. The molecule has 1 saturated heterocycles. The summed E-state index contributed by atoms with van der Waals surface area (Å²) >= 11 is 0. The van der Waals surface area contributed by atoms with Gasteiger partial charge in [-0.15, -0.1) is 0 Å². The van der Waals surface area contributed by atoms with E-state index in [-0.39, 0.29) is 26.1 Å². The second-order valence-corrected chi connectivity index (χ2v) is 27.8. The molecule has 0 saturated carbocycles. The van der Waals surface area contributed by atoms with Crippen molar-refractivity contribution < 1.29 is 49.1 Å². The van der Waals surface area contributed by atoms with E-state index in [9.17, 15) is 39.6 Å². The van der Waals surface area contributed by atoms with Gasteiger partial charge in [-0.25, -0.2) is 0 Å². The Labute approximate surface area is 554 Å². The van der Waals surface area contributed by atoms with E-state index in [1.807, 2.05) is 9.80 Å². The molecule has 14 heteroatoms. The minimum absolute atomic E-state index is 0.000459. The number of nitrogens with one attached hydrogen (secondary N) is 2. The van der Waals surface area contributed by atoms with Crippen LogP contribution in [0.15, 0.2) is 0 Å². The Hall–Kier alpha value is -2.36. The minimum Gasteiger partial charge on any atom is -0.464 e. The first kappa shape index (κ1) is 85.7. The van der Waals surface area contributed by atoms with Crippen molar-refractivity contribution in [3.05, 3.63) is 0 Å². The van der Waals surface area contributed by atoms with Crippen LogP contribution in [-0.2, 0) is 28.7 Å². The highest BCUT2D eigenvalue weighted by atomic mass is 16.5. The number of rotatable bonds is 70. The van der Waals surface area contributed by atoms with Crippen LogP contribution in [0.2, 0.25) is 0 Å². The van der Waals surface area contributed by atoms with E-state index in [4.69, 9.17) is 9.47 Å². The molecule has 6 atom stereocenters. The minimum atomic E-state index is -1.17. The first-order valence-corrected chi connectivity index (χ1v) is 39.0. The zero-order valence-corrected chi connectivity index (χ0v) is 59.4. The first-order chi connectivity index (χ1) is 43.9. The standard InChI is InChI=1S/C76H148N4O10/c1-5-9-13-17-21-25-29-33-37-41-45-49-53-67(81)63-79(64-68(82)54-50-46-42-38-34-30-26-22-18-14-10-6-2)57-59-89-73(85)61-71-75(87)78-72(76(88)77-71)62-74(86)90-60-58-80(65-69(83)55-51-47-43-39-35-31-27-23-19-15-11-7-3)66-70(84)56-52-48-44-40-36-32-28-24-20-16-12-8-4/h67-72,81-84H,5-66H2,1-4H3,(H,77,88)(H,78,87). The van der Waals surface area contributed by atoms with Crippen LogP contribution in [0, 0.1) is 0 Å². The zero-order valence-electron chi connectivity index (χ0n) is 59.4. The Morgan fingerprint density at radius 2 is 0.500 bits per heavy atom. The maximum atomic E-state index is 13.3. The lowest BCUT2D eigenvalue weighted by Gasteiger charge is -2.29. The lowest BCUT2D eigenvalue weighted by molar-refractivity contribution is -0.151. The summed E-state index contributed by atoms with van der Waals surface area (Å²) < 4.78 is 11.2. The number of carbonyl (C=O) groups is 4. The van der Waals surface area contributed by atoms with Gasteiger partial charge in [-0.05, 0) is 25.7 Å². The highest BCUT2D eigenvalue weighted by molar-refractivity contribution is 6.00. The number of aliphatic hydroxyl groups excluding tert-OH is 4. The number of unbranched alkanes of at least 4 members (excludes halogenated alkanes) is 44. The van der Waals surface area contributed by atoms with E-state index in [2.05, 4.69) is 38.3 Å². The second-order valence-electron chi connectivity index (χ2n) is 27.8. The zero-order chi connectivity index (χ0) is 65.6. The molecule has 0 spiro atoms. The Balaban J connectivity index is 2.66. The highest BCUT2D eigenvalue weighted by Gasteiger charge is 2.37. The number of amides is 2. The van der Waals surface area contributed by atoms with E-state index < -0.39 is 60.3 Å². The lowest BCUT2D eigenvalue weighted by atomic mass is 10.0. The molecule has 1 fully saturated rings. The number of ether oxygens (including phenoxy) is 2. The topological polar surface area (TPSA) is 198 Å². The molecular formula is C76H148N4O10. The predicted octanol–water partition coefficient (Wildman–Crippen LogP) is 17.2. The molecule has 0 bridgehead atoms. The molecular weight excluding hydrogens is 1130 g/mol. The van der Waals surface area contributed by atoms with Crippen LogP contribution in [0.3, 0.4) is 0 Å². The molecule has 0 aromatic carbocycles. The number of aliphatic hydroxyl groups is 4. The molecule has 90 heavy (non-hydrogen) atoms. The molecule has 532 valence electrons. The van der Waals surface area contributed by atoms with Crippen molar-refractivity contribution >= 4 is 23.8 Å². The van der Waals surface area contributed by atoms with Crippen molar-refractivity contribution in [1.82, 2.24) is 20.4 Å². The summed E-state index contributed by atoms with van der Waals surface area (Å²) in [4.78, 5) is 56.8. The number of hydrogen-bond donors (Lipinski definition) is 6. The van der Waals surface area contributed by atoms with E-state index >= 15 is 0 Å². The van der Waals surface area contributed by atoms with E-state index in [0.717, 1.165) is 51.4 Å². The Morgan fingerprint density at radius 3 is 0.689 bits per heavy atom. The van der Waals surface area contributed by atoms with E-state index in [1.54, 1.807) is 0 Å². The van der Waals surface area contributed by atoms with Gasteiger partial charge in [0, 0.05) is 39.3 Å². The second kappa shape index (κ2) is 64.0. The van der Waals surface area contributed by atoms with Gasteiger partial charge >= 0.3 is 11.9 Å². The van der Waals surface area contributed by atoms with Gasteiger partial charge in [-0.1, -0.05) is 336 Å². The van der Waals surface area contributed by atoms with Gasteiger partial charge in [0.05, 0.1) is 37.3 Å². The average molecular weight is 1280 g/mol. The third-order valence-corrected chi connectivity index (χ3v) is 18.8. The summed E-state index contributed by atoms with van der Waals surface area (Å²) in [5, 5.41) is 49.8. The maximum Gasteiger partial charge on any atom is 0.308 e. The smallest absolute Gasteiger partial charge is 0.308 e. The van der Waals surface area contributed by atoms with Crippen molar-refractivity contribution in [2.24, 2.45) is 0 Å². The fourth-order valence-electron chi connectivity index (χ4n) is 12.9. The number of esters is 2. The first-order valence-electron chi connectivity index (χ1n) is 39.0. The van der Waals surface area contributed by atoms with Crippen LogP contribution < -0.4 is 10.6 Å². The van der Waals surface area contributed by atoms with E-state index in [0.29, 0.717) is 65.0 Å². The summed E-state index contributed by atoms with van der Waals surface area (Å²) in [5.41, 5.74) is 0. The van der Waals surface area contributed by atoms with Crippen molar-refractivity contribution in [1.29, 1.82) is 0 Å². The Morgan fingerprint density at radius 1 is 0.322 bits per heavy atom. The van der Waals surface area contributed by atoms with Crippen molar-refractivity contribution in [3.63, 3.8) is 0 Å². The van der Waals surface area contributed by atoms with Crippen molar-refractivity contribution in [2.45, 2.75) is 411 Å². The van der Waals surface area contributed by atoms with Gasteiger partial charge < -0.3 is 40.5 Å². The number of carbonyl (C=O) groups excluding carboxylic acids is 4. The quantitative estimate of drug-likeness (QED) is 0.0249. The largest absolute Gasteiger partial charge is 0.464 e. The van der Waals surface area contributed by atoms with Crippen LogP contribution in [0.25, 0.3) is 0 Å². The van der Waals surface area contributed by atoms with Crippen molar-refractivity contribution in [2.75, 3.05) is 52.5 Å². The molecule has 2 amide bonds. The van der Waals surface area contributed by atoms with Crippen LogP contribution in [0.5, 0.6) is 0 Å². The molecule has 1 heterocycles. The molecule has 0 aliphatic carbocycles. The molecule has 0 aromatic rings. The van der Waals surface area contributed by atoms with Gasteiger partial charge in [-0.3, -0.25) is 29.0 Å². The third-order valence-electron chi connectivity index (χ3n) is 18.8. The van der Waals surface area contributed by atoms with E-state index in [1.165, 1.54) is 257 Å². The number of hydrogen-bond acceptors (Lipinski definition) is 12. The Kier molecular flexibility index (Phi) is 60.9. The fourth-order valence-corrected chi connectivity index (χ4v) is 12.9. The Bertz CT molecular complexity index is 1420. The summed E-state index contributed by atoms with van der Waals surface area (Å²) in [6.45, 7) is 11.1. The lowest BCUT2D eigenvalue weighted by Crippen LogP contribution is -2.62. The normalized spacial score (nSPS) is 15.8. The molecule has 6 N–H and O–H groups in total. The summed E-state index contributed by atoms with van der Waals surface area (Å²) in [5.74, 6) is -2.51. The third kappa shape index (κ3) is 55.0. The van der Waals surface area contributed by atoms with Crippen LogP contribution in [0.1, 0.15) is 374 Å². The van der Waals surface area contributed by atoms with Gasteiger partial charge in [-0.2, -0.15) is 0 Å². The molecule has 0 aromatic heterocycles. The average Bonchev–Trinajstić information content (AvgIpc) is 1.67. The molecule has 1 rings (SSSR count). The molecule has 6 unspecified atom stereocenters. The maximum absolute atomic E-state index is 13.3. The SMILES string of the molecule is CCCCCCCCCCCCCCC(O)CN(CCOC(=O)CC1NC(=O)C(CC(=O)OCCN(CC(O)CCCCCCCCCCCCCC)CC(O)CCCCCCCCCCCCCC)NC1=O)CC(O)CCCCCCCCCCCCCC. The highest BCUT2D eigenvalue weighted by Crippen LogP contribution is 2.19. The monoisotopic (exact) mass is 1280 g/mol. The summed E-state index contributed by atoms with van der Waals surface area (Å²) in [6, 6.07) is -2.33. The van der Waals surface area contributed by atoms with Gasteiger partial charge in [0.25, 0.3) is 0 Å². The molecule has 0 radical (unpaired) electrons. The molecule has 1 aliphatic heterocycles. The fraction of sp³-hybridized carbons (Fsp3) is 0.947. The van der Waals surface area contributed by atoms with Crippen molar-refractivity contribution in [3.8, 4) is 0 Å². The summed E-state index contributed by atoms with van der Waals surface area (Å²) in [7, 11) is 0. The van der Waals surface area contributed by atoms with Crippen LogP contribution >= 0.6 is 0 Å². The van der Waals surface area contributed by atoms with Crippen LogP contribution in [-0.4, -0.2) is 143 Å². The predicted molar refractivity (Wildman–Crippen MR) is 375 cm³/mol. The van der Waals surface area contributed by atoms with Gasteiger partial charge in [0.2, 0.25) is 11.8 Å². The van der Waals surface area contributed by atoms with Gasteiger partial charge in [0.1, 0.15) is 25.3 Å². The molecule has 14 nitrogen and oxygen atoms in total. The molecule has 1 aliphatic rings. The van der Waals surface area contributed by atoms with Gasteiger partial charge in [0.15, 0.2) is 0 Å². The number of nitrogens with zero attached hydrogens (tertiary/aromatic N) is 2. The summed E-state index contributed by atoms with van der Waals surface area (Å²) in [6.07, 6.45) is 59.7.